The second-order valence-electron chi connectivity index (χ2n) is 5.52. The molecule has 0 aromatic heterocycles. The molecule has 0 saturated carbocycles. The number of rotatable bonds is 4. The number of hydrogen-bond acceptors (Lipinski definition) is 2. The Balaban J connectivity index is 1.77. The van der Waals surface area contributed by atoms with Gasteiger partial charge in [0.15, 0.2) is 0 Å². The van der Waals surface area contributed by atoms with E-state index in [0.29, 0.717) is 0 Å². The summed E-state index contributed by atoms with van der Waals surface area (Å²) in [4.78, 5) is 2.56. The van der Waals surface area contributed by atoms with Gasteiger partial charge in [-0.05, 0) is 37.9 Å². The molecular formula is C16H26N2. The Hall–Kier alpha value is -0.860. The van der Waals surface area contributed by atoms with Crippen LogP contribution >= 0.6 is 0 Å². The normalized spacial score (nSPS) is 20.1. The van der Waals surface area contributed by atoms with E-state index in [0.717, 1.165) is 13.0 Å². The van der Waals surface area contributed by atoms with Crippen LogP contribution in [0.4, 0.5) is 0 Å². The summed E-state index contributed by atoms with van der Waals surface area (Å²) in [5.41, 5.74) is 7.64. The Morgan fingerprint density at radius 2 is 1.56 bits per heavy atom. The van der Waals surface area contributed by atoms with Crippen molar-refractivity contribution in [2.75, 3.05) is 19.6 Å². The number of nitrogens with two attached hydrogens (primary N) is 1. The van der Waals surface area contributed by atoms with Gasteiger partial charge in [0, 0.05) is 12.6 Å². The van der Waals surface area contributed by atoms with Gasteiger partial charge in [-0.3, -0.25) is 0 Å². The minimum absolute atomic E-state index is 0.270. The molecule has 1 heterocycles. The first kappa shape index (κ1) is 13.6. The zero-order chi connectivity index (χ0) is 12.6. The number of hydrogen-bond donors (Lipinski definition) is 1. The molecule has 1 atom stereocenters. The van der Waals surface area contributed by atoms with Crippen LogP contribution in [-0.4, -0.2) is 30.6 Å². The van der Waals surface area contributed by atoms with E-state index < -0.39 is 0 Å². The van der Waals surface area contributed by atoms with E-state index in [4.69, 9.17) is 5.73 Å². The maximum atomic E-state index is 6.28. The lowest BCUT2D eigenvalue weighted by atomic mass is 10.0. The first-order valence-electron chi connectivity index (χ1n) is 7.36. The van der Waals surface area contributed by atoms with Crippen LogP contribution in [0.15, 0.2) is 30.3 Å². The minimum Gasteiger partial charge on any atom is -0.326 e. The van der Waals surface area contributed by atoms with Crippen molar-refractivity contribution < 1.29 is 0 Å². The lowest BCUT2D eigenvalue weighted by Gasteiger charge is -2.27. The van der Waals surface area contributed by atoms with Gasteiger partial charge in [0.25, 0.3) is 0 Å². The lowest BCUT2D eigenvalue weighted by Crippen LogP contribution is -2.40. The van der Waals surface area contributed by atoms with Gasteiger partial charge in [0.2, 0.25) is 0 Å². The van der Waals surface area contributed by atoms with Gasteiger partial charge in [-0.25, -0.2) is 0 Å². The van der Waals surface area contributed by atoms with Crippen LogP contribution in [0.3, 0.4) is 0 Å². The summed E-state index contributed by atoms with van der Waals surface area (Å²) in [6, 6.07) is 10.9. The molecule has 2 N–H and O–H groups in total. The quantitative estimate of drug-likeness (QED) is 0.885. The van der Waals surface area contributed by atoms with Crippen LogP contribution in [-0.2, 0) is 6.42 Å². The lowest BCUT2D eigenvalue weighted by molar-refractivity contribution is 0.233. The van der Waals surface area contributed by atoms with E-state index in [1.54, 1.807) is 0 Å². The van der Waals surface area contributed by atoms with E-state index in [9.17, 15) is 0 Å². The van der Waals surface area contributed by atoms with Crippen molar-refractivity contribution in [2.24, 2.45) is 5.73 Å². The van der Waals surface area contributed by atoms with Crippen molar-refractivity contribution in [3.63, 3.8) is 0 Å². The van der Waals surface area contributed by atoms with Gasteiger partial charge in [-0.15, -0.1) is 0 Å². The third kappa shape index (κ3) is 4.79. The summed E-state index contributed by atoms with van der Waals surface area (Å²) in [5.74, 6) is 0. The van der Waals surface area contributed by atoms with Gasteiger partial charge in [-0.2, -0.15) is 0 Å². The fraction of sp³-hybridized carbons (Fsp3) is 0.625. The van der Waals surface area contributed by atoms with Crippen molar-refractivity contribution in [1.29, 1.82) is 0 Å². The smallest absolute Gasteiger partial charge is 0.0208 e. The molecule has 18 heavy (non-hydrogen) atoms. The summed E-state index contributed by atoms with van der Waals surface area (Å²) in [7, 11) is 0. The zero-order valence-electron chi connectivity index (χ0n) is 11.4. The highest BCUT2D eigenvalue weighted by molar-refractivity contribution is 5.15. The molecule has 1 fully saturated rings. The number of likely N-dealkylation sites (tertiary alicyclic amines) is 1. The average molecular weight is 246 g/mol. The Morgan fingerprint density at radius 3 is 2.22 bits per heavy atom. The maximum absolute atomic E-state index is 6.28. The van der Waals surface area contributed by atoms with Crippen LogP contribution in [0.25, 0.3) is 0 Å². The molecule has 0 radical (unpaired) electrons. The fourth-order valence-corrected chi connectivity index (χ4v) is 2.81. The number of benzene rings is 1. The van der Waals surface area contributed by atoms with Crippen LogP contribution < -0.4 is 5.73 Å². The molecule has 1 aliphatic heterocycles. The van der Waals surface area contributed by atoms with Crippen molar-refractivity contribution >= 4 is 0 Å². The molecule has 1 aliphatic rings. The first-order chi connectivity index (χ1) is 8.84. The predicted octanol–water partition coefficient (Wildman–Crippen LogP) is 2.82. The molecule has 0 spiro atoms. The molecule has 100 valence electrons. The number of nitrogens with zero attached hydrogens (tertiary/aromatic N) is 1. The average Bonchev–Trinajstić information content (AvgIpc) is 2.34. The third-order valence-corrected chi connectivity index (χ3v) is 3.78. The summed E-state index contributed by atoms with van der Waals surface area (Å²) < 4.78 is 0. The summed E-state index contributed by atoms with van der Waals surface area (Å²) in [6.07, 6.45) is 7.90. The topological polar surface area (TPSA) is 29.3 Å². The maximum Gasteiger partial charge on any atom is 0.0208 e. The van der Waals surface area contributed by atoms with Crippen LogP contribution in [0.2, 0.25) is 0 Å². The molecule has 2 nitrogen and oxygen atoms in total. The van der Waals surface area contributed by atoms with Crippen molar-refractivity contribution in [1.82, 2.24) is 4.90 Å². The molecule has 1 saturated heterocycles. The SMILES string of the molecule is N[C@H](Cc1ccccc1)CN1CCCCCCC1. The van der Waals surface area contributed by atoms with Gasteiger partial charge in [0.05, 0.1) is 0 Å². The molecule has 0 bridgehead atoms. The Labute approximate surface area is 111 Å². The largest absolute Gasteiger partial charge is 0.326 e. The molecule has 1 aromatic rings. The van der Waals surface area contributed by atoms with E-state index >= 15 is 0 Å². The van der Waals surface area contributed by atoms with Gasteiger partial charge in [0.1, 0.15) is 0 Å². The molecule has 0 unspecified atom stereocenters. The highest BCUT2D eigenvalue weighted by Gasteiger charge is 2.12. The molecule has 0 aliphatic carbocycles. The fourth-order valence-electron chi connectivity index (χ4n) is 2.81. The summed E-state index contributed by atoms with van der Waals surface area (Å²) >= 11 is 0. The van der Waals surface area contributed by atoms with Crippen LogP contribution in [0, 0.1) is 0 Å². The minimum atomic E-state index is 0.270. The second kappa shape index (κ2) is 7.55. The highest BCUT2D eigenvalue weighted by Crippen LogP contribution is 2.11. The molecule has 1 aromatic carbocycles. The molecular weight excluding hydrogens is 220 g/mol. The summed E-state index contributed by atoms with van der Waals surface area (Å²) in [6.45, 7) is 3.53. The second-order valence-corrected chi connectivity index (χ2v) is 5.52. The van der Waals surface area contributed by atoms with E-state index in [1.807, 2.05) is 0 Å². The highest BCUT2D eigenvalue weighted by atomic mass is 15.1. The van der Waals surface area contributed by atoms with Gasteiger partial charge < -0.3 is 10.6 Å². The molecule has 2 heteroatoms. The van der Waals surface area contributed by atoms with E-state index in [2.05, 4.69) is 35.2 Å². The Morgan fingerprint density at radius 1 is 0.944 bits per heavy atom. The van der Waals surface area contributed by atoms with Crippen molar-refractivity contribution in [3.05, 3.63) is 35.9 Å². The van der Waals surface area contributed by atoms with Crippen molar-refractivity contribution in [2.45, 2.75) is 44.6 Å². The van der Waals surface area contributed by atoms with Gasteiger partial charge in [-0.1, -0.05) is 49.6 Å². The first-order valence-corrected chi connectivity index (χ1v) is 7.36. The summed E-state index contributed by atoms with van der Waals surface area (Å²) in [5, 5.41) is 0. The Kier molecular flexibility index (Phi) is 5.69. The standard InChI is InChI=1S/C16H26N2/c17-16(13-15-9-5-4-6-10-15)14-18-11-7-2-1-3-8-12-18/h4-6,9-10,16H,1-3,7-8,11-14,17H2/t16-/m1/s1. The van der Waals surface area contributed by atoms with E-state index in [1.165, 1.54) is 50.8 Å². The van der Waals surface area contributed by atoms with E-state index in [-0.39, 0.29) is 6.04 Å². The van der Waals surface area contributed by atoms with Gasteiger partial charge >= 0.3 is 0 Å². The zero-order valence-corrected chi connectivity index (χ0v) is 11.4. The molecule has 2 rings (SSSR count). The van der Waals surface area contributed by atoms with Crippen LogP contribution in [0.1, 0.15) is 37.7 Å². The van der Waals surface area contributed by atoms with Crippen molar-refractivity contribution in [3.8, 4) is 0 Å². The monoisotopic (exact) mass is 246 g/mol. The predicted molar refractivity (Wildman–Crippen MR) is 77.6 cm³/mol. The van der Waals surface area contributed by atoms with Crippen LogP contribution in [0.5, 0.6) is 0 Å². The Bertz CT molecular complexity index is 315. The third-order valence-electron chi connectivity index (χ3n) is 3.78. The molecule has 0 amide bonds.